The van der Waals surface area contributed by atoms with E-state index in [4.69, 9.17) is 0 Å². The van der Waals surface area contributed by atoms with Crippen molar-refractivity contribution in [2.45, 2.75) is 25.3 Å². The number of aliphatic carboxylic acids is 1. The molecule has 1 unspecified atom stereocenters. The Morgan fingerprint density at radius 1 is 1.80 bits per heavy atom. The first-order valence-corrected chi connectivity index (χ1v) is 6.20. The van der Waals surface area contributed by atoms with E-state index in [2.05, 4.69) is 4.98 Å². The second-order valence-electron chi connectivity index (χ2n) is 3.71. The molecule has 0 amide bonds. The summed E-state index contributed by atoms with van der Waals surface area (Å²) in [5.41, 5.74) is -0.757. The Bertz CT molecular complexity index is 369. The molecular weight excluding hydrogens is 212 g/mol. The lowest BCUT2D eigenvalue weighted by Gasteiger charge is -2.26. The van der Waals surface area contributed by atoms with Gasteiger partial charge in [0.2, 0.25) is 0 Å². The van der Waals surface area contributed by atoms with Gasteiger partial charge < -0.3 is 9.67 Å². The van der Waals surface area contributed by atoms with Crippen LogP contribution in [-0.2, 0) is 16.8 Å². The standard InChI is InChI=1S/C10H14N2O2S/c1-2-8-11-4-5-12(8)10(9(13)14)3-6-15-7-10/h4-5H,2-3,6-7H2,1H3,(H,13,14). The molecule has 0 aromatic carbocycles. The fourth-order valence-corrected chi connectivity index (χ4v) is 3.37. The molecule has 2 heterocycles. The van der Waals surface area contributed by atoms with Crippen molar-refractivity contribution in [3.05, 3.63) is 18.2 Å². The van der Waals surface area contributed by atoms with Crippen molar-refractivity contribution in [1.29, 1.82) is 0 Å². The lowest BCUT2D eigenvalue weighted by Crippen LogP contribution is -2.42. The summed E-state index contributed by atoms with van der Waals surface area (Å²) in [5, 5.41) is 9.39. The van der Waals surface area contributed by atoms with Crippen molar-refractivity contribution < 1.29 is 9.90 Å². The monoisotopic (exact) mass is 226 g/mol. The summed E-state index contributed by atoms with van der Waals surface area (Å²) in [6, 6.07) is 0. The van der Waals surface area contributed by atoms with Gasteiger partial charge in [0.05, 0.1) is 0 Å². The SMILES string of the molecule is CCc1nccn1C1(C(=O)O)CCSC1. The minimum absolute atomic E-state index is 0.645. The molecule has 1 aliphatic rings. The third-order valence-electron chi connectivity index (χ3n) is 2.89. The van der Waals surface area contributed by atoms with E-state index in [1.165, 1.54) is 0 Å². The van der Waals surface area contributed by atoms with Crippen LogP contribution in [0.15, 0.2) is 12.4 Å². The van der Waals surface area contributed by atoms with Crippen LogP contribution in [0.1, 0.15) is 19.2 Å². The summed E-state index contributed by atoms with van der Waals surface area (Å²) >= 11 is 1.70. The smallest absolute Gasteiger partial charge is 0.330 e. The first-order valence-electron chi connectivity index (χ1n) is 5.04. The summed E-state index contributed by atoms with van der Waals surface area (Å²) < 4.78 is 1.84. The summed E-state index contributed by atoms with van der Waals surface area (Å²) in [6.45, 7) is 2.00. The van der Waals surface area contributed by atoms with Gasteiger partial charge in [-0.15, -0.1) is 0 Å². The van der Waals surface area contributed by atoms with Crippen LogP contribution in [-0.4, -0.2) is 32.1 Å². The molecule has 0 saturated carbocycles. The highest BCUT2D eigenvalue weighted by Crippen LogP contribution is 2.35. The highest BCUT2D eigenvalue weighted by Gasteiger charge is 2.44. The molecule has 0 aliphatic carbocycles. The van der Waals surface area contributed by atoms with E-state index in [0.717, 1.165) is 18.0 Å². The van der Waals surface area contributed by atoms with E-state index in [9.17, 15) is 9.90 Å². The van der Waals surface area contributed by atoms with Gasteiger partial charge in [0.25, 0.3) is 0 Å². The van der Waals surface area contributed by atoms with E-state index in [1.54, 1.807) is 24.2 Å². The molecule has 1 fully saturated rings. The predicted octanol–water partition coefficient (Wildman–Crippen LogP) is 1.36. The molecule has 82 valence electrons. The van der Waals surface area contributed by atoms with E-state index in [1.807, 2.05) is 11.5 Å². The van der Waals surface area contributed by atoms with Crippen LogP contribution in [0.3, 0.4) is 0 Å². The van der Waals surface area contributed by atoms with Gasteiger partial charge in [-0.2, -0.15) is 11.8 Å². The average Bonchev–Trinajstić information content (AvgIpc) is 2.86. The maximum absolute atomic E-state index is 11.4. The summed E-state index contributed by atoms with van der Waals surface area (Å²) in [5.74, 6) is 1.68. The maximum Gasteiger partial charge on any atom is 0.330 e. The molecule has 1 saturated heterocycles. The van der Waals surface area contributed by atoms with Gasteiger partial charge >= 0.3 is 5.97 Å². The van der Waals surface area contributed by atoms with Gasteiger partial charge in [0.1, 0.15) is 5.82 Å². The van der Waals surface area contributed by atoms with Crippen LogP contribution in [0.5, 0.6) is 0 Å². The van der Waals surface area contributed by atoms with Crippen LogP contribution in [0, 0.1) is 0 Å². The Morgan fingerprint density at radius 2 is 2.60 bits per heavy atom. The number of nitrogens with zero attached hydrogens (tertiary/aromatic N) is 2. The van der Waals surface area contributed by atoms with E-state index < -0.39 is 11.5 Å². The molecule has 2 rings (SSSR count). The van der Waals surface area contributed by atoms with Crippen LogP contribution in [0.4, 0.5) is 0 Å². The summed E-state index contributed by atoms with van der Waals surface area (Å²) in [6.07, 6.45) is 4.94. The number of hydrogen-bond acceptors (Lipinski definition) is 3. The maximum atomic E-state index is 11.4. The van der Waals surface area contributed by atoms with Gasteiger partial charge in [0, 0.05) is 24.6 Å². The molecular formula is C10H14N2O2S. The Labute approximate surface area is 92.7 Å². The van der Waals surface area contributed by atoms with E-state index >= 15 is 0 Å². The van der Waals surface area contributed by atoms with Gasteiger partial charge in [-0.25, -0.2) is 9.78 Å². The van der Waals surface area contributed by atoms with Crippen LogP contribution in [0.25, 0.3) is 0 Å². The zero-order chi connectivity index (χ0) is 10.9. The Morgan fingerprint density at radius 3 is 3.13 bits per heavy atom. The first-order chi connectivity index (χ1) is 7.20. The fourth-order valence-electron chi connectivity index (χ4n) is 2.00. The van der Waals surface area contributed by atoms with Crippen LogP contribution < -0.4 is 0 Å². The average molecular weight is 226 g/mol. The van der Waals surface area contributed by atoms with Gasteiger partial charge in [0.15, 0.2) is 5.54 Å². The van der Waals surface area contributed by atoms with Crippen molar-refractivity contribution in [3.8, 4) is 0 Å². The third kappa shape index (κ3) is 1.55. The first kappa shape index (κ1) is 10.5. The summed E-state index contributed by atoms with van der Waals surface area (Å²) in [7, 11) is 0. The number of aryl methyl sites for hydroxylation is 1. The lowest BCUT2D eigenvalue weighted by atomic mass is 9.98. The zero-order valence-electron chi connectivity index (χ0n) is 8.64. The number of carboxylic acids is 1. The normalized spacial score (nSPS) is 25.7. The number of rotatable bonds is 3. The van der Waals surface area contributed by atoms with Gasteiger partial charge in [-0.1, -0.05) is 6.92 Å². The van der Waals surface area contributed by atoms with Crippen molar-refractivity contribution in [2.75, 3.05) is 11.5 Å². The largest absolute Gasteiger partial charge is 0.479 e. The predicted molar refractivity (Wildman–Crippen MR) is 59.2 cm³/mol. The molecule has 1 aromatic heterocycles. The Hall–Kier alpha value is -0.970. The Kier molecular flexibility index (Phi) is 2.73. The number of aromatic nitrogens is 2. The van der Waals surface area contributed by atoms with E-state index in [-0.39, 0.29) is 0 Å². The highest BCUT2D eigenvalue weighted by molar-refractivity contribution is 7.99. The molecule has 5 heteroatoms. The zero-order valence-corrected chi connectivity index (χ0v) is 9.46. The van der Waals surface area contributed by atoms with Crippen LogP contribution in [0.2, 0.25) is 0 Å². The number of carboxylic acid groups (broad SMARTS) is 1. The summed E-state index contributed by atoms with van der Waals surface area (Å²) in [4.78, 5) is 15.6. The molecule has 1 N–H and O–H groups in total. The minimum Gasteiger partial charge on any atom is -0.479 e. The molecule has 0 bridgehead atoms. The van der Waals surface area contributed by atoms with Crippen molar-refractivity contribution in [2.24, 2.45) is 0 Å². The minimum atomic E-state index is -0.757. The number of imidazole rings is 1. The molecule has 4 nitrogen and oxygen atoms in total. The fraction of sp³-hybridized carbons (Fsp3) is 0.600. The number of hydrogen-bond donors (Lipinski definition) is 1. The van der Waals surface area contributed by atoms with Gasteiger partial charge in [-0.05, 0) is 12.2 Å². The highest BCUT2D eigenvalue weighted by atomic mass is 32.2. The molecule has 1 aromatic rings. The second-order valence-corrected chi connectivity index (χ2v) is 4.81. The molecule has 0 radical (unpaired) electrons. The number of carbonyl (C=O) groups is 1. The Balaban J connectivity index is 2.45. The quantitative estimate of drug-likeness (QED) is 0.845. The van der Waals surface area contributed by atoms with Crippen LogP contribution >= 0.6 is 11.8 Å². The molecule has 1 atom stereocenters. The van der Waals surface area contributed by atoms with Crippen molar-refractivity contribution >= 4 is 17.7 Å². The molecule has 1 aliphatic heterocycles. The van der Waals surface area contributed by atoms with Crippen molar-refractivity contribution in [1.82, 2.24) is 9.55 Å². The van der Waals surface area contributed by atoms with Crippen molar-refractivity contribution in [3.63, 3.8) is 0 Å². The topological polar surface area (TPSA) is 55.1 Å². The van der Waals surface area contributed by atoms with Gasteiger partial charge in [-0.3, -0.25) is 0 Å². The second kappa shape index (κ2) is 3.89. The number of thioether (sulfide) groups is 1. The third-order valence-corrected chi connectivity index (χ3v) is 4.07. The van der Waals surface area contributed by atoms with E-state index in [0.29, 0.717) is 12.2 Å². The lowest BCUT2D eigenvalue weighted by molar-refractivity contribution is -0.146. The molecule has 0 spiro atoms. The molecule has 15 heavy (non-hydrogen) atoms.